The first-order chi connectivity index (χ1) is 13.1. The van der Waals surface area contributed by atoms with Crippen LogP contribution >= 0.6 is 11.3 Å². The van der Waals surface area contributed by atoms with E-state index in [0.717, 1.165) is 18.3 Å². The summed E-state index contributed by atoms with van der Waals surface area (Å²) < 4.78 is 78.1. The Morgan fingerprint density at radius 1 is 0.821 bits per heavy atom. The minimum Gasteiger partial charge on any atom is -0.278 e. The summed E-state index contributed by atoms with van der Waals surface area (Å²) in [5.74, 6) is 0. The van der Waals surface area contributed by atoms with Crippen molar-refractivity contribution in [2.75, 3.05) is 5.43 Å². The molecule has 146 valence electrons. The average Bonchev–Trinajstić information content (AvgIpc) is 3.07. The third-order valence-corrected chi connectivity index (χ3v) is 4.78. The fraction of sp³-hybridized carbons (Fsp3) is 0.105. The maximum absolute atomic E-state index is 13.3. The number of benzene rings is 2. The Balaban J connectivity index is 1.84. The highest BCUT2D eigenvalue weighted by atomic mass is 32.1. The Bertz CT molecular complexity index is 974. The zero-order chi connectivity index (χ0) is 20.4. The molecule has 28 heavy (non-hydrogen) atoms. The minimum atomic E-state index is -4.53. The van der Waals surface area contributed by atoms with Gasteiger partial charge in [0.15, 0.2) is 0 Å². The number of thiophene rings is 1. The molecule has 0 saturated carbocycles. The number of hydrazone groups is 1. The third kappa shape index (κ3) is 4.72. The Labute approximate surface area is 160 Å². The minimum absolute atomic E-state index is 0.0265. The van der Waals surface area contributed by atoms with Gasteiger partial charge in [-0.1, -0.05) is 36.4 Å². The first kappa shape index (κ1) is 19.9. The van der Waals surface area contributed by atoms with Crippen LogP contribution in [-0.4, -0.2) is 6.21 Å². The van der Waals surface area contributed by atoms with Gasteiger partial charge in [0, 0.05) is 10.4 Å². The predicted molar refractivity (Wildman–Crippen MR) is 97.4 cm³/mol. The van der Waals surface area contributed by atoms with Gasteiger partial charge in [-0.3, -0.25) is 5.43 Å². The second-order valence-corrected chi connectivity index (χ2v) is 6.79. The molecule has 0 atom stereocenters. The van der Waals surface area contributed by atoms with Crippen LogP contribution in [0, 0.1) is 0 Å². The van der Waals surface area contributed by atoms with Gasteiger partial charge in [-0.25, -0.2) is 0 Å². The largest absolute Gasteiger partial charge is 0.426 e. The molecule has 0 saturated heterocycles. The zero-order valence-electron chi connectivity index (χ0n) is 14.0. The maximum atomic E-state index is 13.3. The quantitative estimate of drug-likeness (QED) is 0.280. The van der Waals surface area contributed by atoms with Gasteiger partial charge >= 0.3 is 12.4 Å². The van der Waals surface area contributed by atoms with Gasteiger partial charge in [0.05, 0.1) is 17.5 Å². The van der Waals surface area contributed by atoms with Crippen molar-refractivity contribution in [2.45, 2.75) is 12.4 Å². The predicted octanol–water partition coefficient (Wildman–Crippen LogP) is 6.90. The molecular formula is C19H12F6N2S. The number of alkyl halides is 6. The molecule has 1 N–H and O–H groups in total. The van der Waals surface area contributed by atoms with Crippen LogP contribution in [-0.2, 0) is 12.4 Å². The highest BCUT2D eigenvalue weighted by Crippen LogP contribution is 2.42. The first-order valence-corrected chi connectivity index (χ1v) is 8.69. The molecule has 0 radical (unpaired) electrons. The van der Waals surface area contributed by atoms with Gasteiger partial charge in [0.25, 0.3) is 0 Å². The summed E-state index contributed by atoms with van der Waals surface area (Å²) in [6.07, 6.45) is -7.88. The monoisotopic (exact) mass is 414 g/mol. The van der Waals surface area contributed by atoms with Crippen molar-refractivity contribution in [3.05, 3.63) is 76.0 Å². The molecule has 0 amide bonds. The summed E-state index contributed by atoms with van der Waals surface area (Å²) in [5.41, 5.74) is 2.07. The summed E-state index contributed by atoms with van der Waals surface area (Å²) in [7, 11) is 0. The molecule has 2 aromatic carbocycles. The van der Waals surface area contributed by atoms with Crippen LogP contribution < -0.4 is 5.43 Å². The van der Waals surface area contributed by atoms with Crippen molar-refractivity contribution in [2.24, 2.45) is 5.10 Å². The van der Waals surface area contributed by atoms with Gasteiger partial charge in [0.1, 0.15) is 4.88 Å². The van der Waals surface area contributed by atoms with Gasteiger partial charge in [0.2, 0.25) is 0 Å². The van der Waals surface area contributed by atoms with E-state index in [9.17, 15) is 26.3 Å². The summed E-state index contributed by atoms with van der Waals surface area (Å²) >= 11 is 0.510. The molecule has 9 heteroatoms. The molecule has 0 aliphatic rings. The number of hydrogen-bond donors (Lipinski definition) is 1. The molecule has 3 aromatic rings. The van der Waals surface area contributed by atoms with E-state index in [0.29, 0.717) is 16.9 Å². The molecule has 0 fully saturated rings. The second kappa shape index (κ2) is 7.67. The first-order valence-electron chi connectivity index (χ1n) is 7.87. The molecule has 0 unspecified atom stereocenters. The lowest BCUT2D eigenvalue weighted by Gasteiger charge is -2.07. The van der Waals surface area contributed by atoms with Crippen LogP contribution in [0.15, 0.2) is 65.8 Å². The number of nitrogens with one attached hydrogen (secondary N) is 1. The fourth-order valence-corrected chi connectivity index (χ4v) is 3.37. The van der Waals surface area contributed by atoms with Crippen LogP contribution in [0.4, 0.5) is 32.0 Å². The highest BCUT2D eigenvalue weighted by Gasteiger charge is 2.36. The Hall–Kier alpha value is -2.81. The number of hydrogen-bond acceptors (Lipinski definition) is 3. The Kier molecular flexibility index (Phi) is 5.46. The van der Waals surface area contributed by atoms with Gasteiger partial charge in [-0.05, 0) is 29.8 Å². The van der Waals surface area contributed by atoms with Crippen molar-refractivity contribution in [3.8, 4) is 11.1 Å². The van der Waals surface area contributed by atoms with E-state index >= 15 is 0 Å². The number of rotatable bonds is 4. The standard InChI is InChI=1S/C19H12F6N2S/c20-18(21,22)13-7-4-8-14(9-13)27-26-11-15-10-16(12-5-2-1-3-6-12)17(28-15)19(23,24)25/h1-11,27H. The smallest absolute Gasteiger partial charge is 0.278 e. The van der Waals surface area contributed by atoms with E-state index in [4.69, 9.17) is 0 Å². The molecule has 2 nitrogen and oxygen atoms in total. The molecular weight excluding hydrogens is 402 g/mol. The van der Waals surface area contributed by atoms with Crippen molar-refractivity contribution < 1.29 is 26.3 Å². The van der Waals surface area contributed by atoms with E-state index in [2.05, 4.69) is 10.5 Å². The zero-order valence-corrected chi connectivity index (χ0v) is 14.8. The van der Waals surface area contributed by atoms with Crippen LogP contribution in [0.1, 0.15) is 15.3 Å². The van der Waals surface area contributed by atoms with E-state index in [-0.39, 0.29) is 16.1 Å². The maximum Gasteiger partial charge on any atom is 0.426 e. The fourth-order valence-electron chi connectivity index (χ4n) is 2.45. The second-order valence-electron chi connectivity index (χ2n) is 5.70. The topological polar surface area (TPSA) is 24.4 Å². The number of nitrogens with zero attached hydrogens (tertiary/aromatic N) is 1. The van der Waals surface area contributed by atoms with Crippen molar-refractivity contribution in [1.82, 2.24) is 0 Å². The van der Waals surface area contributed by atoms with Crippen molar-refractivity contribution in [3.63, 3.8) is 0 Å². The normalized spacial score (nSPS) is 12.5. The lowest BCUT2D eigenvalue weighted by atomic mass is 10.1. The lowest BCUT2D eigenvalue weighted by Crippen LogP contribution is -2.05. The summed E-state index contributed by atoms with van der Waals surface area (Å²) in [6, 6.07) is 13.8. The molecule has 0 aliphatic heterocycles. The van der Waals surface area contributed by atoms with Crippen LogP contribution in [0.3, 0.4) is 0 Å². The summed E-state index contributed by atoms with van der Waals surface area (Å²) in [5, 5.41) is 3.77. The van der Waals surface area contributed by atoms with Crippen LogP contribution in [0.25, 0.3) is 11.1 Å². The van der Waals surface area contributed by atoms with E-state index < -0.39 is 22.8 Å². The van der Waals surface area contributed by atoms with E-state index in [1.807, 2.05) is 0 Å². The summed E-state index contributed by atoms with van der Waals surface area (Å²) in [4.78, 5) is -0.551. The molecule has 0 bridgehead atoms. The Morgan fingerprint density at radius 3 is 2.18 bits per heavy atom. The molecule has 0 spiro atoms. The van der Waals surface area contributed by atoms with Gasteiger partial charge in [-0.15, -0.1) is 11.3 Å². The van der Waals surface area contributed by atoms with Crippen LogP contribution in [0.5, 0.6) is 0 Å². The molecule has 1 aromatic heterocycles. The Morgan fingerprint density at radius 2 is 1.54 bits per heavy atom. The van der Waals surface area contributed by atoms with Crippen molar-refractivity contribution in [1.29, 1.82) is 0 Å². The van der Waals surface area contributed by atoms with E-state index in [1.165, 1.54) is 18.2 Å². The van der Waals surface area contributed by atoms with Crippen molar-refractivity contribution >= 4 is 23.2 Å². The number of halogens is 6. The van der Waals surface area contributed by atoms with Crippen LogP contribution in [0.2, 0.25) is 0 Å². The summed E-state index contributed by atoms with van der Waals surface area (Å²) in [6.45, 7) is 0. The SMILES string of the molecule is FC(F)(F)c1cccc(NN=Cc2cc(-c3ccccc3)c(C(F)(F)F)s2)c1. The molecule has 1 heterocycles. The molecule has 0 aliphatic carbocycles. The van der Waals surface area contributed by atoms with Gasteiger partial charge < -0.3 is 0 Å². The molecule has 3 rings (SSSR count). The lowest BCUT2D eigenvalue weighted by molar-refractivity contribution is -0.137. The van der Waals surface area contributed by atoms with Gasteiger partial charge in [-0.2, -0.15) is 31.4 Å². The van der Waals surface area contributed by atoms with E-state index in [1.54, 1.807) is 30.3 Å². The third-order valence-electron chi connectivity index (χ3n) is 3.67. The highest BCUT2D eigenvalue weighted by molar-refractivity contribution is 7.14. The average molecular weight is 414 g/mol. The number of anilines is 1.